The van der Waals surface area contributed by atoms with Gasteiger partial charge in [-0.15, -0.1) is 0 Å². The molecule has 2 N–H and O–H groups in total. The van der Waals surface area contributed by atoms with E-state index in [1.165, 1.54) is 0 Å². The molecule has 1 atom stereocenters. The summed E-state index contributed by atoms with van der Waals surface area (Å²) in [6.07, 6.45) is 4.93. The van der Waals surface area contributed by atoms with Crippen LogP contribution in [0.5, 0.6) is 0 Å². The van der Waals surface area contributed by atoms with Gasteiger partial charge in [-0.25, -0.2) is 4.79 Å². The van der Waals surface area contributed by atoms with Crippen LogP contribution in [-0.2, 0) is 33.8 Å². The predicted octanol–water partition coefficient (Wildman–Crippen LogP) is 4.18. The van der Waals surface area contributed by atoms with Crippen molar-refractivity contribution in [1.29, 1.82) is 0 Å². The van der Waals surface area contributed by atoms with Crippen LogP contribution in [0, 0.1) is 11.8 Å². The summed E-state index contributed by atoms with van der Waals surface area (Å²) in [4.78, 5) is 40.3. The van der Waals surface area contributed by atoms with Gasteiger partial charge in [0.05, 0.1) is 19.4 Å². The van der Waals surface area contributed by atoms with Crippen molar-refractivity contribution in [3.05, 3.63) is 59.5 Å². The van der Waals surface area contributed by atoms with Gasteiger partial charge in [0.25, 0.3) is 0 Å². The molecule has 1 aromatic carbocycles. The maximum Gasteiger partial charge on any atom is 0.411 e. The van der Waals surface area contributed by atoms with Crippen LogP contribution < -0.4 is 10.6 Å². The van der Waals surface area contributed by atoms with Crippen molar-refractivity contribution < 1.29 is 23.5 Å². The van der Waals surface area contributed by atoms with Crippen molar-refractivity contribution in [2.45, 2.75) is 77.6 Å². The molecule has 8 heteroatoms. The molecule has 2 aliphatic rings. The van der Waals surface area contributed by atoms with E-state index in [0.29, 0.717) is 32.0 Å². The van der Waals surface area contributed by atoms with Crippen LogP contribution in [0.2, 0.25) is 0 Å². The molecule has 1 aromatic heterocycles. The number of nitrogens with one attached hydrogen (secondary N) is 2. The SMILES string of the molecule is CC(C)(C)OC(=O)N1Cc2ccccc2C[C@@H]1C(=O)NCC1CCC(C(=O)NCc2ccco2)CC1. The van der Waals surface area contributed by atoms with Crippen molar-refractivity contribution in [2.75, 3.05) is 6.54 Å². The smallest absolute Gasteiger partial charge is 0.411 e. The second-order valence-corrected chi connectivity index (χ2v) is 10.9. The Bertz CT molecular complexity index is 1050. The summed E-state index contributed by atoms with van der Waals surface area (Å²) in [5, 5.41) is 6.04. The second kappa shape index (κ2) is 11.2. The molecular weight excluding hydrogens is 458 g/mol. The first-order chi connectivity index (χ1) is 17.2. The number of benzene rings is 1. The first-order valence-electron chi connectivity index (χ1n) is 12.8. The maximum absolute atomic E-state index is 13.3. The molecule has 0 unspecified atom stereocenters. The summed E-state index contributed by atoms with van der Waals surface area (Å²) in [5.74, 6) is 0.945. The van der Waals surface area contributed by atoms with E-state index in [1.54, 1.807) is 17.2 Å². The zero-order valence-electron chi connectivity index (χ0n) is 21.4. The Balaban J connectivity index is 1.29. The average molecular weight is 496 g/mol. The van der Waals surface area contributed by atoms with E-state index in [4.69, 9.17) is 9.15 Å². The number of fused-ring (bicyclic) bond motifs is 1. The fourth-order valence-corrected chi connectivity index (χ4v) is 4.99. The monoisotopic (exact) mass is 495 g/mol. The molecule has 2 aromatic rings. The van der Waals surface area contributed by atoms with Crippen LogP contribution in [0.3, 0.4) is 0 Å². The quantitative estimate of drug-likeness (QED) is 0.626. The first-order valence-corrected chi connectivity index (χ1v) is 12.8. The van der Waals surface area contributed by atoms with E-state index in [0.717, 1.165) is 42.6 Å². The van der Waals surface area contributed by atoms with Gasteiger partial charge in [-0.1, -0.05) is 24.3 Å². The second-order valence-electron chi connectivity index (χ2n) is 10.9. The van der Waals surface area contributed by atoms with E-state index in [2.05, 4.69) is 10.6 Å². The minimum atomic E-state index is -0.641. The summed E-state index contributed by atoms with van der Waals surface area (Å²) in [6.45, 7) is 6.77. The summed E-state index contributed by atoms with van der Waals surface area (Å²) in [6, 6.07) is 10.9. The van der Waals surface area contributed by atoms with Gasteiger partial charge in [0.1, 0.15) is 17.4 Å². The Morgan fingerprint density at radius 3 is 2.36 bits per heavy atom. The average Bonchev–Trinajstić information content (AvgIpc) is 3.38. The molecular formula is C28H37N3O5. The van der Waals surface area contributed by atoms with Gasteiger partial charge in [0.15, 0.2) is 0 Å². The number of carbonyl (C=O) groups is 3. The van der Waals surface area contributed by atoms with Crippen molar-refractivity contribution in [1.82, 2.24) is 15.5 Å². The number of hydrogen-bond donors (Lipinski definition) is 2. The van der Waals surface area contributed by atoms with E-state index >= 15 is 0 Å². The van der Waals surface area contributed by atoms with Crippen LogP contribution in [0.25, 0.3) is 0 Å². The molecule has 1 saturated carbocycles. The molecule has 1 aliphatic heterocycles. The molecule has 3 amide bonds. The van der Waals surface area contributed by atoms with Crippen LogP contribution in [0.1, 0.15) is 63.3 Å². The molecule has 4 rings (SSSR count). The minimum Gasteiger partial charge on any atom is -0.467 e. The molecule has 194 valence electrons. The van der Waals surface area contributed by atoms with E-state index in [-0.39, 0.29) is 17.7 Å². The molecule has 8 nitrogen and oxygen atoms in total. The van der Waals surface area contributed by atoms with Crippen molar-refractivity contribution in [3.63, 3.8) is 0 Å². The number of rotatable bonds is 6. The molecule has 2 heterocycles. The zero-order chi connectivity index (χ0) is 25.7. The fraction of sp³-hybridized carbons (Fsp3) is 0.536. The minimum absolute atomic E-state index is 0.00980. The van der Waals surface area contributed by atoms with Gasteiger partial charge >= 0.3 is 6.09 Å². The first kappa shape index (κ1) is 25.8. The fourth-order valence-electron chi connectivity index (χ4n) is 4.99. The lowest BCUT2D eigenvalue weighted by atomic mass is 9.81. The normalized spacial score (nSPS) is 21.9. The number of ether oxygens (including phenoxy) is 1. The van der Waals surface area contributed by atoms with E-state index < -0.39 is 17.7 Å². The Morgan fingerprint density at radius 1 is 0.972 bits per heavy atom. The molecule has 0 spiro atoms. The van der Waals surface area contributed by atoms with Gasteiger partial charge < -0.3 is 19.8 Å². The lowest BCUT2D eigenvalue weighted by Crippen LogP contribution is -2.54. The standard InChI is InChI=1S/C28H37N3O5/c1-28(2,3)36-27(34)31-18-22-8-5-4-7-21(22)15-24(31)26(33)29-16-19-10-12-20(13-11-19)25(32)30-17-23-9-6-14-35-23/h4-9,14,19-20,24H,10-13,15-18H2,1-3H3,(H,29,33)(H,30,32)/t19?,20?,24-/m1/s1. The van der Waals surface area contributed by atoms with E-state index in [9.17, 15) is 14.4 Å². The number of carbonyl (C=O) groups excluding carboxylic acids is 3. The number of hydrogen-bond acceptors (Lipinski definition) is 5. The van der Waals surface area contributed by atoms with Gasteiger partial charge in [-0.05, 0) is 75.6 Å². The Hall–Kier alpha value is -3.29. The Kier molecular flexibility index (Phi) is 8.01. The maximum atomic E-state index is 13.3. The topological polar surface area (TPSA) is 101 Å². The summed E-state index contributed by atoms with van der Waals surface area (Å²) >= 11 is 0. The third-order valence-electron chi connectivity index (χ3n) is 6.98. The lowest BCUT2D eigenvalue weighted by molar-refractivity contribution is -0.128. The molecule has 0 bridgehead atoms. The van der Waals surface area contributed by atoms with Crippen LogP contribution in [0.15, 0.2) is 47.1 Å². The highest BCUT2D eigenvalue weighted by Crippen LogP contribution is 2.29. The highest BCUT2D eigenvalue weighted by Gasteiger charge is 2.37. The molecule has 0 radical (unpaired) electrons. The van der Waals surface area contributed by atoms with Gasteiger partial charge in [0.2, 0.25) is 11.8 Å². The van der Waals surface area contributed by atoms with Gasteiger partial charge in [-0.3, -0.25) is 14.5 Å². The number of amides is 3. The third-order valence-corrected chi connectivity index (χ3v) is 6.98. The molecule has 1 fully saturated rings. The molecule has 0 saturated heterocycles. The van der Waals surface area contributed by atoms with Gasteiger partial charge in [-0.2, -0.15) is 0 Å². The van der Waals surface area contributed by atoms with E-state index in [1.807, 2.05) is 51.1 Å². The number of nitrogens with zero attached hydrogens (tertiary/aromatic N) is 1. The van der Waals surface area contributed by atoms with Crippen LogP contribution in [0.4, 0.5) is 4.79 Å². The zero-order valence-corrected chi connectivity index (χ0v) is 21.4. The highest BCUT2D eigenvalue weighted by molar-refractivity contribution is 5.86. The third kappa shape index (κ3) is 6.68. The van der Waals surface area contributed by atoms with Crippen LogP contribution in [-0.4, -0.2) is 41.0 Å². The number of furan rings is 1. The Labute approximate surface area is 212 Å². The molecule has 1 aliphatic carbocycles. The predicted molar refractivity (Wildman–Crippen MR) is 135 cm³/mol. The van der Waals surface area contributed by atoms with Crippen molar-refractivity contribution in [2.24, 2.45) is 11.8 Å². The largest absolute Gasteiger partial charge is 0.467 e. The van der Waals surface area contributed by atoms with Crippen molar-refractivity contribution in [3.8, 4) is 0 Å². The summed E-state index contributed by atoms with van der Waals surface area (Å²) in [7, 11) is 0. The Morgan fingerprint density at radius 2 is 1.69 bits per heavy atom. The summed E-state index contributed by atoms with van der Waals surface area (Å²) < 4.78 is 10.9. The van der Waals surface area contributed by atoms with Crippen LogP contribution >= 0.6 is 0 Å². The lowest BCUT2D eigenvalue weighted by Gasteiger charge is -2.37. The summed E-state index contributed by atoms with van der Waals surface area (Å²) in [5.41, 5.74) is 1.48. The molecule has 36 heavy (non-hydrogen) atoms. The highest BCUT2D eigenvalue weighted by atomic mass is 16.6. The van der Waals surface area contributed by atoms with Gasteiger partial charge in [0, 0.05) is 18.9 Å². The van der Waals surface area contributed by atoms with Crippen molar-refractivity contribution >= 4 is 17.9 Å².